The monoisotopic (exact) mass is 280 g/mol. The molecule has 0 saturated heterocycles. The fourth-order valence-electron chi connectivity index (χ4n) is 1.66. The van der Waals surface area contributed by atoms with Crippen LogP contribution in [0, 0.1) is 0 Å². The fourth-order valence-corrected chi connectivity index (χ4v) is 4.35. The van der Waals surface area contributed by atoms with Gasteiger partial charge < -0.3 is 0 Å². The summed E-state index contributed by atoms with van der Waals surface area (Å²) in [5.41, 5.74) is 2.35. The second kappa shape index (κ2) is 5.58. The van der Waals surface area contributed by atoms with Crippen molar-refractivity contribution in [2.45, 2.75) is 31.2 Å². The van der Waals surface area contributed by atoms with Gasteiger partial charge in [0.25, 0.3) is 0 Å². The van der Waals surface area contributed by atoms with Crippen LogP contribution in [0.1, 0.15) is 31.4 Å². The molecule has 1 rings (SSSR count). The summed E-state index contributed by atoms with van der Waals surface area (Å²) in [5.74, 6) is 0.515. The highest BCUT2D eigenvalue weighted by Crippen LogP contribution is 2.36. The third kappa shape index (κ3) is 2.70. The van der Waals surface area contributed by atoms with Gasteiger partial charge in [-0.3, -0.25) is 0 Å². The van der Waals surface area contributed by atoms with E-state index in [0.717, 1.165) is 12.0 Å². The third-order valence-electron chi connectivity index (χ3n) is 2.99. The van der Waals surface area contributed by atoms with Crippen molar-refractivity contribution >= 4 is 41.2 Å². The Balaban J connectivity index is 3.23. The van der Waals surface area contributed by atoms with Gasteiger partial charge in [-0.15, -0.1) is 33.8 Å². The lowest BCUT2D eigenvalue weighted by molar-refractivity contribution is 0.637. The van der Waals surface area contributed by atoms with E-state index < -0.39 is 7.42 Å². The highest BCUT2D eigenvalue weighted by Gasteiger charge is 2.35. The van der Waals surface area contributed by atoms with Crippen molar-refractivity contribution in [1.29, 1.82) is 0 Å². The van der Waals surface area contributed by atoms with E-state index in [2.05, 4.69) is 19.9 Å². The molecule has 0 aliphatic carbocycles. The molecule has 0 fully saturated rings. The minimum absolute atomic E-state index is 0.0887. The van der Waals surface area contributed by atoms with Gasteiger partial charge in [-0.05, 0) is 17.5 Å². The summed E-state index contributed by atoms with van der Waals surface area (Å²) in [7, 11) is -1.78. The molecule has 0 bridgehead atoms. The first-order valence-electron chi connectivity index (χ1n) is 4.98. The number of alkyl halides is 1. The predicted molar refractivity (Wildman–Crippen MR) is 72.5 cm³/mol. The number of hydrogen-bond donors (Lipinski definition) is 0. The molecular formula is C11H15Cl3Si. The molecule has 0 aliphatic heterocycles. The van der Waals surface area contributed by atoms with Gasteiger partial charge in [-0.1, -0.05) is 38.1 Å². The van der Waals surface area contributed by atoms with E-state index in [1.165, 1.54) is 5.56 Å². The molecule has 0 amide bonds. The topological polar surface area (TPSA) is 0 Å². The zero-order valence-corrected chi connectivity index (χ0v) is 12.4. The van der Waals surface area contributed by atoms with E-state index in [-0.39, 0.29) is 5.04 Å². The van der Waals surface area contributed by atoms with Crippen LogP contribution in [0.4, 0.5) is 0 Å². The highest BCUT2D eigenvalue weighted by molar-refractivity contribution is 7.34. The molecule has 4 heteroatoms. The lowest BCUT2D eigenvalue weighted by atomic mass is 9.93. The summed E-state index contributed by atoms with van der Waals surface area (Å²) in [4.78, 5) is 0. The molecule has 0 radical (unpaired) electrons. The quantitative estimate of drug-likeness (QED) is 0.438. The largest absolute Gasteiger partial charge is 0.246 e. The van der Waals surface area contributed by atoms with Crippen LogP contribution in [0.2, 0.25) is 0 Å². The number of hydrogen-bond acceptors (Lipinski definition) is 0. The van der Waals surface area contributed by atoms with E-state index >= 15 is 0 Å². The Kier molecular flexibility index (Phi) is 4.97. The normalized spacial score (nSPS) is 15.3. The Morgan fingerprint density at radius 3 is 2.33 bits per heavy atom. The maximum absolute atomic E-state index is 6.21. The first-order chi connectivity index (χ1) is 7.06. The van der Waals surface area contributed by atoms with Crippen molar-refractivity contribution in [3.63, 3.8) is 0 Å². The van der Waals surface area contributed by atoms with E-state index in [4.69, 9.17) is 33.8 Å². The molecule has 0 heterocycles. The molecule has 1 atom stereocenters. The maximum atomic E-state index is 6.21. The first-order valence-corrected chi connectivity index (χ1v) is 9.59. The van der Waals surface area contributed by atoms with Crippen molar-refractivity contribution in [1.82, 2.24) is 0 Å². The second-order valence-corrected chi connectivity index (χ2v) is 9.29. The standard InChI is InChI=1S/C11H15Cl3Si/c1-3-11(2,15(13)14)10-7-5-4-6-9(10)8-12/h4-7,15H,3,8H2,1-2H3. The average molecular weight is 282 g/mol. The van der Waals surface area contributed by atoms with Gasteiger partial charge in [0.1, 0.15) is 0 Å². The minimum Gasteiger partial charge on any atom is -0.149 e. The van der Waals surface area contributed by atoms with Gasteiger partial charge in [0.05, 0.1) is 0 Å². The van der Waals surface area contributed by atoms with Crippen LogP contribution in [-0.4, -0.2) is 7.42 Å². The maximum Gasteiger partial charge on any atom is 0.246 e. The van der Waals surface area contributed by atoms with Gasteiger partial charge in [-0.25, -0.2) is 0 Å². The predicted octanol–water partition coefficient (Wildman–Crippen LogP) is 4.33. The summed E-state index contributed by atoms with van der Waals surface area (Å²) in [6.07, 6.45) is 0.949. The van der Waals surface area contributed by atoms with E-state index in [1.54, 1.807) is 0 Å². The lowest BCUT2D eigenvalue weighted by Crippen LogP contribution is -2.33. The molecule has 84 valence electrons. The molecule has 0 aliphatic rings. The molecule has 15 heavy (non-hydrogen) atoms. The molecule has 0 saturated carbocycles. The zero-order valence-electron chi connectivity index (χ0n) is 8.93. The number of rotatable bonds is 4. The summed E-state index contributed by atoms with van der Waals surface area (Å²) in [6.45, 7) is 4.26. The van der Waals surface area contributed by atoms with Crippen LogP contribution in [0.25, 0.3) is 0 Å². The van der Waals surface area contributed by atoms with Crippen molar-refractivity contribution in [3.05, 3.63) is 35.4 Å². The van der Waals surface area contributed by atoms with Gasteiger partial charge in [0.15, 0.2) is 0 Å². The van der Waals surface area contributed by atoms with Crippen LogP contribution in [0.15, 0.2) is 24.3 Å². The summed E-state index contributed by atoms with van der Waals surface area (Å²) in [6, 6.07) is 8.15. The van der Waals surface area contributed by atoms with Crippen molar-refractivity contribution in [3.8, 4) is 0 Å². The highest BCUT2D eigenvalue weighted by atomic mass is 35.7. The molecule has 1 aromatic rings. The summed E-state index contributed by atoms with van der Waals surface area (Å²) < 4.78 is 0. The molecule has 0 aromatic heterocycles. The Bertz CT molecular complexity index is 327. The third-order valence-corrected chi connectivity index (χ3v) is 7.85. The first kappa shape index (κ1) is 13.4. The Morgan fingerprint density at radius 2 is 1.87 bits per heavy atom. The van der Waals surface area contributed by atoms with E-state index in [0.29, 0.717) is 5.88 Å². The molecule has 0 spiro atoms. The van der Waals surface area contributed by atoms with Gasteiger partial charge in [0.2, 0.25) is 7.42 Å². The van der Waals surface area contributed by atoms with Crippen LogP contribution in [0.3, 0.4) is 0 Å². The smallest absolute Gasteiger partial charge is 0.149 e. The summed E-state index contributed by atoms with van der Waals surface area (Å²) >= 11 is 18.3. The van der Waals surface area contributed by atoms with E-state index in [9.17, 15) is 0 Å². The molecule has 1 aromatic carbocycles. The molecular weight excluding hydrogens is 267 g/mol. The van der Waals surface area contributed by atoms with Crippen molar-refractivity contribution in [2.75, 3.05) is 0 Å². The van der Waals surface area contributed by atoms with Crippen LogP contribution in [0.5, 0.6) is 0 Å². The van der Waals surface area contributed by atoms with Crippen LogP contribution < -0.4 is 0 Å². The zero-order chi connectivity index (χ0) is 11.5. The molecule has 0 nitrogen and oxygen atoms in total. The lowest BCUT2D eigenvalue weighted by Gasteiger charge is -2.30. The number of halogens is 3. The Morgan fingerprint density at radius 1 is 1.27 bits per heavy atom. The van der Waals surface area contributed by atoms with Crippen LogP contribution in [-0.2, 0) is 10.9 Å². The van der Waals surface area contributed by atoms with Gasteiger partial charge in [0, 0.05) is 10.9 Å². The van der Waals surface area contributed by atoms with Gasteiger partial charge in [-0.2, -0.15) is 0 Å². The van der Waals surface area contributed by atoms with Crippen LogP contribution >= 0.6 is 33.8 Å². The summed E-state index contributed by atoms with van der Waals surface area (Å²) in [5, 5.41) is -0.0887. The SMILES string of the molecule is CCC(C)(c1ccccc1CCl)[SiH](Cl)Cl. The second-order valence-electron chi connectivity index (χ2n) is 3.86. The van der Waals surface area contributed by atoms with Crippen molar-refractivity contribution < 1.29 is 0 Å². The minimum atomic E-state index is -1.78. The molecule has 0 N–H and O–H groups in total. The average Bonchev–Trinajstić information content (AvgIpc) is 2.27. The molecule has 1 unspecified atom stereocenters. The fraction of sp³-hybridized carbons (Fsp3) is 0.455. The van der Waals surface area contributed by atoms with Gasteiger partial charge >= 0.3 is 0 Å². The Hall–Kier alpha value is 0.307. The van der Waals surface area contributed by atoms with Crippen molar-refractivity contribution in [2.24, 2.45) is 0 Å². The number of benzene rings is 1. The van der Waals surface area contributed by atoms with E-state index in [1.807, 2.05) is 18.2 Å². The Labute approximate surface area is 108 Å².